The minimum absolute atomic E-state index is 0.0902. The maximum Gasteiger partial charge on any atom is 0.504 e. The van der Waals surface area contributed by atoms with Crippen molar-refractivity contribution in [2.75, 3.05) is 13.1 Å². The van der Waals surface area contributed by atoms with Gasteiger partial charge in [0.05, 0.1) is 0 Å². The Balaban J connectivity index is 1.93. The van der Waals surface area contributed by atoms with Crippen molar-refractivity contribution in [2.24, 2.45) is 0 Å². The summed E-state index contributed by atoms with van der Waals surface area (Å²) in [6.45, 7) is 1.41. The Labute approximate surface area is 124 Å². The van der Waals surface area contributed by atoms with Gasteiger partial charge in [0.25, 0.3) is 0 Å². The van der Waals surface area contributed by atoms with Crippen LogP contribution in [0, 0.1) is 0 Å². The number of ether oxygens (including phenoxy) is 1. The van der Waals surface area contributed by atoms with E-state index in [4.69, 9.17) is 4.74 Å². The number of fused-ring (bicyclic) bond motifs is 4. The number of benzene rings is 1. The predicted octanol–water partition coefficient (Wildman–Crippen LogP) is 3.00. The van der Waals surface area contributed by atoms with E-state index in [0.717, 1.165) is 6.20 Å². The SMILES string of the molecule is FC(F)(F)n1cc2c(n1)-c1ccccc1OC21CCNCC1. The van der Waals surface area contributed by atoms with Crippen LogP contribution in [0.5, 0.6) is 5.75 Å². The molecule has 4 rings (SSSR count). The van der Waals surface area contributed by atoms with E-state index in [1.165, 1.54) is 0 Å². The molecular formula is C15H14F3N3O. The predicted molar refractivity (Wildman–Crippen MR) is 73.4 cm³/mol. The fourth-order valence-electron chi connectivity index (χ4n) is 3.25. The van der Waals surface area contributed by atoms with Crippen LogP contribution in [0.1, 0.15) is 18.4 Å². The molecule has 1 N–H and O–H groups in total. The van der Waals surface area contributed by atoms with Crippen molar-refractivity contribution in [2.45, 2.75) is 24.7 Å². The Kier molecular flexibility index (Phi) is 2.78. The van der Waals surface area contributed by atoms with E-state index in [9.17, 15) is 13.2 Å². The number of alkyl halides is 3. The molecule has 3 heterocycles. The molecule has 0 unspecified atom stereocenters. The smallest absolute Gasteiger partial charge is 0.482 e. The number of para-hydroxylation sites is 1. The maximum atomic E-state index is 13.1. The molecule has 1 spiro atoms. The Hall–Kier alpha value is -2.02. The number of hydrogen-bond donors (Lipinski definition) is 1. The molecule has 116 valence electrons. The normalized spacial score (nSPS) is 19.4. The third-order valence-corrected chi connectivity index (χ3v) is 4.32. The topological polar surface area (TPSA) is 39.1 Å². The van der Waals surface area contributed by atoms with Gasteiger partial charge in [-0.25, -0.2) is 0 Å². The van der Waals surface area contributed by atoms with Gasteiger partial charge in [-0.15, -0.1) is 13.2 Å². The number of nitrogens with one attached hydrogen (secondary N) is 1. The van der Waals surface area contributed by atoms with Gasteiger partial charge in [-0.05, 0) is 25.2 Å². The Morgan fingerprint density at radius 2 is 1.91 bits per heavy atom. The summed E-state index contributed by atoms with van der Waals surface area (Å²) in [6.07, 6.45) is -2.20. The van der Waals surface area contributed by atoms with Crippen LogP contribution in [0.25, 0.3) is 11.3 Å². The fraction of sp³-hybridized carbons (Fsp3) is 0.400. The van der Waals surface area contributed by atoms with Crippen molar-refractivity contribution in [1.82, 2.24) is 15.1 Å². The second-order valence-electron chi connectivity index (χ2n) is 5.65. The van der Waals surface area contributed by atoms with Crippen LogP contribution in [-0.2, 0) is 11.9 Å². The molecule has 0 aliphatic carbocycles. The lowest BCUT2D eigenvalue weighted by Crippen LogP contribution is -2.45. The second-order valence-corrected chi connectivity index (χ2v) is 5.65. The molecule has 1 fully saturated rings. The standard InChI is InChI=1S/C15H14F3N3O/c16-15(17,18)21-9-11-13(20-21)10-3-1-2-4-12(10)22-14(11)5-7-19-8-6-14/h1-4,9,19H,5-8H2. The zero-order valence-electron chi connectivity index (χ0n) is 11.7. The summed E-state index contributed by atoms with van der Waals surface area (Å²) in [5.74, 6) is 0.601. The third-order valence-electron chi connectivity index (χ3n) is 4.32. The molecule has 2 aliphatic rings. The molecule has 0 bridgehead atoms. The van der Waals surface area contributed by atoms with E-state index in [1.807, 2.05) is 6.07 Å². The van der Waals surface area contributed by atoms with Crippen LogP contribution in [0.2, 0.25) is 0 Å². The largest absolute Gasteiger partial charge is 0.504 e. The Bertz CT molecular complexity index is 717. The molecule has 0 atom stereocenters. The minimum Gasteiger partial charge on any atom is -0.482 e. The van der Waals surface area contributed by atoms with Crippen LogP contribution >= 0.6 is 0 Å². The molecule has 0 amide bonds. The number of hydrogen-bond acceptors (Lipinski definition) is 3. The van der Waals surface area contributed by atoms with Crippen molar-refractivity contribution >= 4 is 0 Å². The summed E-state index contributed by atoms with van der Waals surface area (Å²) in [5, 5.41) is 7.02. The zero-order chi connectivity index (χ0) is 15.4. The summed E-state index contributed by atoms with van der Waals surface area (Å²) in [4.78, 5) is 0. The summed E-state index contributed by atoms with van der Waals surface area (Å²) >= 11 is 0. The van der Waals surface area contributed by atoms with Crippen molar-refractivity contribution < 1.29 is 17.9 Å². The molecule has 4 nitrogen and oxygen atoms in total. The van der Waals surface area contributed by atoms with Gasteiger partial charge in [0, 0.05) is 30.2 Å². The maximum absolute atomic E-state index is 13.1. The molecule has 2 aromatic rings. The average Bonchev–Trinajstić information content (AvgIpc) is 2.95. The van der Waals surface area contributed by atoms with Gasteiger partial charge in [0.15, 0.2) is 0 Å². The molecule has 1 saturated heterocycles. The minimum atomic E-state index is -4.53. The highest BCUT2D eigenvalue weighted by Gasteiger charge is 2.46. The Morgan fingerprint density at radius 3 is 2.64 bits per heavy atom. The van der Waals surface area contributed by atoms with Gasteiger partial charge in [-0.3, -0.25) is 0 Å². The van der Waals surface area contributed by atoms with Gasteiger partial charge in [0.1, 0.15) is 17.0 Å². The number of halogens is 3. The van der Waals surface area contributed by atoms with Gasteiger partial charge < -0.3 is 10.1 Å². The van der Waals surface area contributed by atoms with Crippen LogP contribution in [0.15, 0.2) is 30.5 Å². The second kappa shape index (κ2) is 4.49. The molecule has 0 radical (unpaired) electrons. The van der Waals surface area contributed by atoms with Crippen LogP contribution in [0.4, 0.5) is 13.2 Å². The van der Waals surface area contributed by atoms with Gasteiger partial charge in [-0.2, -0.15) is 9.78 Å². The highest BCUT2D eigenvalue weighted by Crippen LogP contribution is 2.48. The summed E-state index contributed by atoms with van der Waals surface area (Å²) < 4.78 is 45.4. The van der Waals surface area contributed by atoms with E-state index in [2.05, 4.69) is 10.4 Å². The van der Waals surface area contributed by atoms with E-state index < -0.39 is 11.9 Å². The van der Waals surface area contributed by atoms with E-state index in [0.29, 0.717) is 48.5 Å². The highest BCUT2D eigenvalue weighted by molar-refractivity contribution is 5.73. The summed E-state index contributed by atoms with van der Waals surface area (Å²) in [7, 11) is 0. The first-order valence-electron chi connectivity index (χ1n) is 7.16. The molecule has 1 aromatic heterocycles. The average molecular weight is 309 g/mol. The molecule has 7 heteroatoms. The first-order valence-corrected chi connectivity index (χ1v) is 7.16. The summed E-state index contributed by atoms with van der Waals surface area (Å²) in [5.41, 5.74) is 0.800. The molecule has 0 saturated carbocycles. The van der Waals surface area contributed by atoms with Crippen molar-refractivity contribution in [3.8, 4) is 17.0 Å². The van der Waals surface area contributed by atoms with E-state index >= 15 is 0 Å². The van der Waals surface area contributed by atoms with Crippen molar-refractivity contribution in [3.05, 3.63) is 36.0 Å². The van der Waals surface area contributed by atoms with Crippen LogP contribution in [-0.4, -0.2) is 22.9 Å². The van der Waals surface area contributed by atoms with Crippen molar-refractivity contribution in [1.29, 1.82) is 0 Å². The summed E-state index contributed by atoms with van der Waals surface area (Å²) in [6, 6.07) is 7.13. The zero-order valence-corrected chi connectivity index (χ0v) is 11.7. The van der Waals surface area contributed by atoms with Gasteiger partial charge >= 0.3 is 6.30 Å². The lowest BCUT2D eigenvalue weighted by atomic mass is 9.81. The van der Waals surface area contributed by atoms with Crippen LogP contribution in [0.3, 0.4) is 0 Å². The molecule has 2 aliphatic heterocycles. The first kappa shape index (κ1) is 13.6. The van der Waals surface area contributed by atoms with Gasteiger partial charge in [-0.1, -0.05) is 12.1 Å². The number of rotatable bonds is 0. The first-order chi connectivity index (χ1) is 10.5. The third kappa shape index (κ3) is 1.92. The molecular weight excluding hydrogens is 295 g/mol. The number of nitrogens with zero attached hydrogens (tertiary/aromatic N) is 2. The van der Waals surface area contributed by atoms with E-state index in [-0.39, 0.29) is 4.68 Å². The van der Waals surface area contributed by atoms with Gasteiger partial charge in [0.2, 0.25) is 0 Å². The quantitative estimate of drug-likeness (QED) is 0.813. The van der Waals surface area contributed by atoms with Crippen molar-refractivity contribution in [3.63, 3.8) is 0 Å². The number of aromatic nitrogens is 2. The Morgan fingerprint density at radius 1 is 1.18 bits per heavy atom. The monoisotopic (exact) mass is 309 g/mol. The lowest BCUT2D eigenvalue weighted by Gasteiger charge is -2.41. The number of piperidine rings is 1. The fourth-order valence-corrected chi connectivity index (χ4v) is 3.25. The van der Waals surface area contributed by atoms with E-state index in [1.54, 1.807) is 18.2 Å². The molecule has 22 heavy (non-hydrogen) atoms. The molecule has 1 aromatic carbocycles. The van der Waals surface area contributed by atoms with Crippen LogP contribution < -0.4 is 10.1 Å². The highest BCUT2D eigenvalue weighted by atomic mass is 19.4. The lowest BCUT2D eigenvalue weighted by molar-refractivity contribution is -0.212.